The molecule has 9 heteroatoms. The van der Waals surface area contributed by atoms with Gasteiger partial charge in [0, 0.05) is 32.7 Å². The predicted octanol–water partition coefficient (Wildman–Crippen LogP) is -1.11. The third-order valence-electron chi connectivity index (χ3n) is 3.02. The average molecular weight is 313 g/mol. The second-order valence-corrected chi connectivity index (χ2v) is 8.70. The van der Waals surface area contributed by atoms with Crippen molar-refractivity contribution in [2.45, 2.75) is 13.3 Å². The van der Waals surface area contributed by atoms with Gasteiger partial charge in [0.05, 0.1) is 12.0 Å². The molecule has 1 saturated heterocycles. The SMILES string of the molecule is CCCNCCS(=O)(=O)N1CCN(S(C)(=O)=O)CC1. The average Bonchev–Trinajstić information content (AvgIpc) is 2.34. The third kappa shape index (κ3) is 5.35. The molecule has 0 atom stereocenters. The Kier molecular flexibility index (Phi) is 6.18. The molecular formula is C10H23N3O4S2. The highest BCUT2D eigenvalue weighted by Crippen LogP contribution is 2.10. The Morgan fingerprint density at radius 2 is 1.47 bits per heavy atom. The van der Waals surface area contributed by atoms with Crippen LogP contribution in [0.25, 0.3) is 0 Å². The lowest BCUT2D eigenvalue weighted by atomic mass is 10.4. The summed E-state index contributed by atoms with van der Waals surface area (Å²) in [5.41, 5.74) is 0. The Balaban J connectivity index is 2.45. The van der Waals surface area contributed by atoms with Crippen molar-refractivity contribution in [1.29, 1.82) is 0 Å². The van der Waals surface area contributed by atoms with Crippen molar-refractivity contribution >= 4 is 20.0 Å². The number of rotatable bonds is 7. The van der Waals surface area contributed by atoms with Gasteiger partial charge in [-0.25, -0.2) is 16.8 Å². The van der Waals surface area contributed by atoms with Gasteiger partial charge in [0.1, 0.15) is 0 Å². The van der Waals surface area contributed by atoms with E-state index in [1.165, 1.54) is 8.61 Å². The molecule has 0 aromatic heterocycles. The van der Waals surface area contributed by atoms with E-state index in [4.69, 9.17) is 0 Å². The second kappa shape index (κ2) is 6.98. The van der Waals surface area contributed by atoms with Gasteiger partial charge in [0.25, 0.3) is 0 Å². The first-order valence-corrected chi connectivity index (χ1v) is 9.87. The number of piperazine rings is 1. The van der Waals surface area contributed by atoms with E-state index in [0.717, 1.165) is 19.2 Å². The van der Waals surface area contributed by atoms with E-state index in [1.54, 1.807) is 0 Å². The molecule has 0 radical (unpaired) electrons. The molecule has 0 saturated carbocycles. The molecule has 0 aliphatic carbocycles. The second-order valence-electron chi connectivity index (χ2n) is 4.63. The summed E-state index contributed by atoms with van der Waals surface area (Å²) >= 11 is 0. The summed E-state index contributed by atoms with van der Waals surface area (Å²) in [4.78, 5) is 0. The van der Waals surface area contributed by atoms with E-state index in [1.807, 2.05) is 6.92 Å². The van der Waals surface area contributed by atoms with E-state index in [0.29, 0.717) is 6.54 Å². The first-order chi connectivity index (χ1) is 8.77. The first-order valence-electron chi connectivity index (χ1n) is 6.41. The molecule has 19 heavy (non-hydrogen) atoms. The van der Waals surface area contributed by atoms with Gasteiger partial charge in [0.2, 0.25) is 20.0 Å². The summed E-state index contributed by atoms with van der Waals surface area (Å²) in [6, 6.07) is 0. The van der Waals surface area contributed by atoms with Gasteiger partial charge in [-0.2, -0.15) is 8.61 Å². The van der Waals surface area contributed by atoms with Crippen LogP contribution in [0.4, 0.5) is 0 Å². The van der Waals surface area contributed by atoms with E-state index >= 15 is 0 Å². The zero-order chi connectivity index (χ0) is 14.5. The van der Waals surface area contributed by atoms with Gasteiger partial charge < -0.3 is 5.32 Å². The van der Waals surface area contributed by atoms with Crippen LogP contribution >= 0.6 is 0 Å². The van der Waals surface area contributed by atoms with Crippen LogP contribution in [0.2, 0.25) is 0 Å². The topological polar surface area (TPSA) is 86.8 Å². The molecule has 114 valence electrons. The molecule has 0 bridgehead atoms. The Hall–Kier alpha value is -0.220. The first kappa shape index (κ1) is 16.8. The van der Waals surface area contributed by atoms with E-state index in [2.05, 4.69) is 5.32 Å². The quantitative estimate of drug-likeness (QED) is 0.603. The summed E-state index contributed by atoms with van der Waals surface area (Å²) in [6.45, 7) is 4.21. The Morgan fingerprint density at radius 3 is 1.95 bits per heavy atom. The largest absolute Gasteiger partial charge is 0.316 e. The lowest BCUT2D eigenvalue weighted by Gasteiger charge is -2.32. The molecule has 1 rings (SSSR count). The van der Waals surface area contributed by atoms with E-state index in [9.17, 15) is 16.8 Å². The molecule has 1 fully saturated rings. The lowest BCUT2D eigenvalue weighted by Crippen LogP contribution is -2.51. The fraction of sp³-hybridized carbons (Fsp3) is 1.00. The van der Waals surface area contributed by atoms with Crippen LogP contribution in [0.5, 0.6) is 0 Å². The maximum Gasteiger partial charge on any atom is 0.215 e. The smallest absolute Gasteiger partial charge is 0.215 e. The predicted molar refractivity (Wildman–Crippen MR) is 74.9 cm³/mol. The van der Waals surface area contributed by atoms with Crippen LogP contribution in [-0.4, -0.2) is 76.7 Å². The zero-order valence-corrected chi connectivity index (χ0v) is 13.1. The van der Waals surface area contributed by atoms with Crippen LogP contribution in [-0.2, 0) is 20.0 Å². The van der Waals surface area contributed by atoms with Crippen LogP contribution in [0, 0.1) is 0 Å². The molecular weight excluding hydrogens is 290 g/mol. The summed E-state index contributed by atoms with van der Waals surface area (Å²) in [5, 5.41) is 3.05. The van der Waals surface area contributed by atoms with E-state index in [-0.39, 0.29) is 31.9 Å². The number of hydrogen-bond acceptors (Lipinski definition) is 5. The zero-order valence-electron chi connectivity index (χ0n) is 11.5. The molecule has 1 aliphatic rings. The molecule has 0 unspecified atom stereocenters. The maximum absolute atomic E-state index is 12.0. The molecule has 1 N–H and O–H groups in total. The van der Waals surface area contributed by atoms with E-state index < -0.39 is 20.0 Å². The minimum Gasteiger partial charge on any atom is -0.316 e. The van der Waals surface area contributed by atoms with Crippen molar-refractivity contribution in [2.75, 3.05) is 51.3 Å². The summed E-state index contributed by atoms with van der Waals surface area (Å²) in [5.74, 6) is 0.0614. The number of nitrogens with zero attached hydrogens (tertiary/aromatic N) is 2. The van der Waals surface area contributed by atoms with Crippen molar-refractivity contribution in [1.82, 2.24) is 13.9 Å². The van der Waals surface area contributed by atoms with Gasteiger partial charge in [-0.05, 0) is 13.0 Å². The number of nitrogens with one attached hydrogen (secondary N) is 1. The normalized spacial score (nSPS) is 19.7. The van der Waals surface area contributed by atoms with Crippen molar-refractivity contribution in [3.8, 4) is 0 Å². The molecule has 0 amide bonds. The Morgan fingerprint density at radius 1 is 0.947 bits per heavy atom. The monoisotopic (exact) mass is 313 g/mol. The summed E-state index contributed by atoms with van der Waals surface area (Å²) < 4.78 is 49.4. The van der Waals surface area contributed by atoms with Crippen molar-refractivity contribution in [2.24, 2.45) is 0 Å². The number of sulfonamides is 2. The van der Waals surface area contributed by atoms with Crippen LogP contribution in [0.3, 0.4) is 0 Å². The van der Waals surface area contributed by atoms with Crippen LogP contribution < -0.4 is 5.32 Å². The lowest BCUT2D eigenvalue weighted by molar-refractivity contribution is 0.274. The maximum atomic E-state index is 12.0. The molecule has 1 aliphatic heterocycles. The van der Waals surface area contributed by atoms with Crippen molar-refractivity contribution < 1.29 is 16.8 Å². The third-order valence-corrected chi connectivity index (χ3v) is 6.20. The van der Waals surface area contributed by atoms with Gasteiger partial charge in [-0.15, -0.1) is 0 Å². The molecule has 0 aromatic rings. The minimum atomic E-state index is -3.28. The Bertz CT molecular complexity index is 467. The van der Waals surface area contributed by atoms with Crippen LogP contribution in [0.15, 0.2) is 0 Å². The number of hydrogen-bond donors (Lipinski definition) is 1. The van der Waals surface area contributed by atoms with Crippen molar-refractivity contribution in [3.63, 3.8) is 0 Å². The molecule has 0 aromatic carbocycles. The highest BCUT2D eigenvalue weighted by molar-refractivity contribution is 7.89. The fourth-order valence-corrected chi connectivity index (χ4v) is 4.12. The van der Waals surface area contributed by atoms with Gasteiger partial charge in [-0.1, -0.05) is 6.92 Å². The van der Waals surface area contributed by atoms with Crippen molar-refractivity contribution in [3.05, 3.63) is 0 Å². The summed E-state index contributed by atoms with van der Waals surface area (Å²) in [7, 11) is -6.50. The van der Waals surface area contributed by atoms with Crippen LogP contribution in [0.1, 0.15) is 13.3 Å². The summed E-state index contributed by atoms with van der Waals surface area (Å²) in [6.07, 6.45) is 2.11. The molecule has 0 spiro atoms. The Labute approximate surface area is 116 Å². The fourth-order valence-electron chi connectivity index (χ4n) is 1.91. The highest BCUT2D eigenvalue weighted by atomic mass is 32.2. The van der Waals surface area contributed by atoms with Gasteiger partial charge in [0.15, 0.2) is 0 Å². The van der Waals surface area contributed by atoms with Gasteiger partial charge >= 0.3 is 0 Å². The molecule has 7 nitrogen and oxygen atoms in total. The van der Waals surface area contributed by atoms with Gasteiger partial charge in [-0.3, -0.25) is 0 Å². The highest BCUT2D eigenvalue weighted by Gasteiger charge is 2.29. The standard InChI is InChI=1S/C10H23N3O4S2/c1-3-4-11-5-10-19(16,17)13-8-6-12(7-9-13)18(2,14)15/h11H,3-10H2,1-2H3. The molecule has 1 heterocycles. The minimum absolute atomic E-state index is 0.0614.